The Morgan fingerprint density at radius 3 is 2.14 bits per heavy atom. The molecule has 0 aromatic heterocycles. The zero-order valence-electron chi connectivity index (χ0n) is 7.49. The first-order valence-electron chi connectivity index (χ1n) is 4.44. The van der Waals surface area contributed by atoms with Crippen molar-refractivity contribution in [1.82, 2.24) is 0 Å². The van der Waals surface area contributed by atoms with Crippen LogP contribution in [0.3, 0.4) is 0 Å². The molecular formula is C10H10ClF2N. The van der Waals surface area contributed by atoms with Crippen molar-refractivity contribution in [1.29, 1.82) is 0 Å². The molecule has 1 nitrogen and oxygen atoms in total. The fraction of sp³-hybridized carbons (Fsp3) is 0.400. The van der Waals surface area contributed by atoms with Crippen LogP contribution in [0, 0.1) is 11.6 Å². The molecule has 4 heteroatoms. The Labute approximate surface area is 85.9 Å². The van der Waals surface area contributed by atoms with Crippen LogP contribution in [0.4, 0.5) is 8.78 Å². The average Bonchev–Trinajstić information content (AvgIpc) is 2.83. The summed E-state index contributed by atoms with van der Waals surface area (Å²) < 4.78 is 26.9. The van der Waals surface area contributed by atoms with Crippen LogP contribution in [-0.4, -0.2) is 6.54 Å². The molecule has 14 heavy (non-hydrogen) atoms. The van der Waals surface area contributed by atoms with Gasteiger partial charge in [0.2, 0.25) is 0 Å². The quantitative estimate of drug-likeness (QED) is 0.810. The van der Waals surface area contributed by atoms with Gasteiger partial charge in [-0.2, -0.15) is 0 Å². The molecule has 2 rings (SSSR count). The van der Waals surface area contributed by atoms with Gasteiger partial charge in [-0.1, -0.05) is 11.6 Å². The van der Waals surface area contributed by atoms with E-state index in [9.17, 15) is 8.78 Å². The summed E-state index contributed by atoms with van der Waals surface area (Å²) in [5.74, 6) is -1.17. The lowest BCUT2D eigenvalue weighted by molar-refractivity contribution is 0.517. The molecule has 1 saturated carbocycles. The first-order valence-corrected chi connectivity index (χ1v) is 4.82. The first-order chi connectivity index (χ1) is 6.59. The minimum Gasteiger partial charge on any atom is -0.330 e. The summed E-state index contributed by atoms with van der Waals surface area (Å²) in [6, 6.07) is 2.27. The SMILES string of the molecule is NCC1(c2c(F)cc(Cl)cc2F)CC1. The predicted octanol–water partition coefficient (Wildman–Crippen LogP) is 2.61. The molecule has 0 atom stereocenters. The normalized spacial score (nSPS) is 18.3. The molecule has 0 bridgehead atoms. The molecule has 1 aromatic rings. The highest BCUT2D eigenvalue weighted by Crippen LogP contribution is 2.49. The maximum atomic E-state index is 13.5. The summed E-state index contributed by atoms with van der Waals surface area (Å²) in [4.78, 5) is 0. The second-order valence-electron chi connectivity index (χ2n) is 3.73. The molecule has 1 aliphatic rings. The second kappa shape index (κ2) is 3.17. The Hall–Kier alpha value is -0.670. The number of halogens is 3. The van der Waals surface area contributed by atoms with E-state index < -0.39 is 17.0 Å². The number of nitrogens with two attached hydrogens (primary N) is 1. The van der Waals surface area contributed by atoms with Crippen LogP contribution in [0.2, 0.25) is 5.02 Å². The minimum absolute atomic E-state index is 0.0802. The van der Waals surface area contributed by atoms with Crippen LogP contribution in [0.1, 0.15) is 18.4 Å². The molecule has 0 heterocycles. The summed E-state index contributed by atoms with van der Waals surface area (Å²) in [5, 5.41) is 0.0802. The Morgan fingerprint density at radius 2 is 1.79 bits per heavy atom. The van der Waals surface area contributed by atoms with Crippen LogP contribution in [0.15, 0.2) is 12.1 Å². The minimum atomic E-state index is -0.585. The first kappa shape index (κ1) is 9.87. The molecule has 0 amide bonds. The van der Waals surface area contributed by atoms with Crippen LogP contribution in [0.5, 0.6) is 0 Å². The van der Waals surface area contributed by atoms with Crippen molar-refractivity contribution in [3.63, 3.8) is 0 Å². The van der Waals surface area contributed by atoms with E-state index in [2.05, 4.69) is 0 Å². The fourth-order valence-corrected chi connectivity index (χ4v) is 1.95. The molecule has 0 aliphatic heterocycles. The molecule has 1 aromatic carbocycles. The Kier molecular flexibility index (Phi) is 2.24. The van der Waals surface area contributed by atoms with Crippen LogP contribution >= 0.6 is 11.6 Å². The van der Waals surface area contributed by atoms with Crippen LogP contribution < -0.4 is 5.73 Å². The summed E-state index contributed by atoms with van der Waals surface area (Å²) >= 11 is 5.52. The van der Waals surface area contributed by atoms with E-state index in [-0.39, 0.29) is 17.1 Å². The van der Waals surface area contributed by atoms with Crippen molar-refractivity contribution in [2.45, 2.75) is 18.3 Å². The van der Waals surface area contributed by atoms with E-state index in [1.807, 2.05) is 0 Å². The van der Waals surface area contributed by atoms with E-state index in [1.165, 1.54) is 0 Å². The third-order valence-electron chi connectivity index (χ3n) is 2.78. The van der Waals surface area contributed by atoms with Gasteiger partial charge in [-0.15, -0.1) is 0 Å². The Balaban J connectivity index is 2.53. The molecule has 0 spiro atoms. The lowest BCUT2D eigenvalue weighted by atomic mass is 9.95. The van der Waals surface area contributed by atoms with E-state index in [1.54, 1.807) is 0 Å². The molecule has 1 aliphatic carbocycles. The van der Waals surface area contributed by atoms with Crippen LogP contribution in [-0.2, 0) is 5.41 Å². The Morgan fingerprint density at radius 1 is 1.29 bits per heavy atom. The van der Waals surface area contributed by atoms with Gasteiger partial charge >= 0.3 is 0 Å². The topological polar surface area (TPSA) is 26.0 Å². The predicted molar refractivity (Wildman–Crippen MR) is 51.3 cm³/mol. The maximum Gasteiger partial charge on any atom is 0.131 e. The second-order valence-corrected chi connectivity index (χ2v) is 4.17. The third-order valence-corrected chi connectivity index (χ3v) is 3.00. The zero-order valence-corrected chi connectivity index (χ0v) is 8.24. The number of hydrogen-bond donors (Lipinski definition) is 1. The van der Waals surface area contributed by atoms with Crippen molar-refractivity contribution in [3.8, 4) is 0 Å². The van der Waals surface area contributed by atoms with Gasteiger partial charge in [-0.3, -0.25) is 0 Å². The van der Waals surface area contributed by atoms with Gasteiger partial charge in [0.1, 0.15) is 11.6 Å². The summed E-state index contributed by atoms with van der Waals surface area (Å²) in [6.07, 6.45) is 1.50. The monoisotopic (exact) mass is 217 g/mol. The summed E-state index contributed by atoms with van der Waals surface area (Å²) in [7, 11) is 0. The van der Waals surface area contributed by atoms with E-state index in [0.717, 1.165) is 25.0 Å². The molecule has 0 radical (unpaired) electrons. The fourth-order valence-electron chi connectivity index (χ4n) is 1.76. The van der Waals surface area contributed by atoms with E-state index in [0.29, 0.717) is 0 Å². The maximum absolute atomic E-state index is 13.5. The van der Waals surface area contributed by atoms with Gasteiger partial charge in [-0.25, -0.2) is 8.78 Å². The lowest BCUT2D eigenvalue weighted by Gasteiger charge is -2.14. The molecule has 0 unspecified atom stereocenters. The van der Waals surface area contributed by atoms with Gasteiger partial charge in [0, 0.05) is 22.5 Å². The van der Waals surface area contributed by atoms with Crippen molar-refractivity contribution in [2.75, 3.05) is 6.54 Å². The summed E-state index contributed by atoms with van der Waals surface area (Å²) in [6.45, 7) is 0.280. The smallest absolute Gasteiger partial charge is 0.131 e. The van der Waals surface area contributed by atoms with Gasteiger partial charge < -0.3 is 5.73 Å². The van der Waals surface area contributed by atoms with Crippen LogP contribution in [0.25, 0.3) is 0 Å². The molecule has 0 saturated heterocycles. The lowest BCUT2D eigenvalue weighted by Crippen LogP contribution is -2.22. The molecule has 2 N–H and O–H groups in total. The largest absolute Gasteiger partial charge is 0.330 e. The van der Waals surface area contributed by atoms with Gasteiger partial charge in [0.05, 0.1) is 0 Å². The van der Waals surface area contributed by atoms with E-state index >= 15 is 0 Å². The van der Waals surface area contributed by atoms with Crippen molar-refractivity contribution in [3.05, 3.63) is 34.4 Å². The van der Waals surface area contributed by atoms with Gasteiger partial charge in [0.25, 0.3) is 0 Å². The van der Waals surface area contributed by atoms with Gasteiger partial charge in [-0.05, 0) is 25.0 Å². The van der Waals surface area contributed by atoms with E-state index in [4.69, 9.17) is 17.3 Å². The highest BCUT2D eigenvalue weighted by Gasteiger charge is 2.46. The number of rotatable bonds is 2. The zero-order chi connectivity index (χ0) is 10.3. The molecule has 76 valence electrons. The highest BCUT2D eigenvalue weighted by atomic mass is 35.5. The highest BCUT2D eigenvalue weighted by molar-refractivity contribution is 6.30. The summed E-state index contributed by atoms with van der Waals surface area (Å²) in [5.41, 5.74) is 5.14. The van der Waals surface area contributed by atoms with Crippen molar-refractivity contribution in [2.24, 2.45) is 5.73 Å². The Bertz CT molecular complexity index is 351. The average molecular weight is 218 g/mol. The number of hydrogen-bond acceptors (Lipinski definition) is 1. The standard InChI is InChI=1S/C10H10ClF2N/c11-6-3-7(12)9(8(13)4-6)10(5-14)1-2-10/h3-4H,1-2,5,14H2. The molecular weight excluding hydrogens is 208 g/mol. The van der Waals surface area contributed by atoms with Gasteiger partial charge in [0.15, 0.2) is 0 Å². The van der Waals surface area contributed by atoms with Crippen molar-refractivity contribution >= 4 is 11.6 Å². The van der Waals surface area contributed by atoms with Crippen molar-refractivity contribution < 1.29 is 8.78 Å². The third kappa shape index (κ3) is 1.41. The number of benzene rings is 1. The molecule has 1 fully saturated rings.